The molecule has 0 aliphatic carbocycles. The van der Waals surface area contributed by atoms with Crippen molar-refractivity contribution in [3.8, 4) is 0 Å². The highest BCUT2D eigenvalue weighted by molar-refractivity contribution is 6.08. The van der Waals surface area contributed by atoms with Crippen LogP contribution >= 0.6 is 0 Å². The minimum absolute atomic E-state index is 0.129. The molecule has 2 aliphatic heterocycles. The van der Waals surface area contributed by atoms with Gasteiger partial charge in [-0.15, -0.1) is 0 Å². The van der Waals surface area contributed by atoms with E-state index in [1.807, 2.05) is 35.9 Å². The molecular formula is C22H21N5O3. The Labute approximate surface area is 172 Å². The Morgan fingerprint density at radius 2 is 1.93 bits per heavy atom. The first kappa shape index (κ1) is 18.4. The Morgan fingerprint density at radius 1 is 1.13 bits per heavy atom. The van der Waals surface area contributed by atoms with Crippen LogP contribution in [0.15, 0.2) is 59.8 Å². The van der Waals surface area contributed by atoms with Crippen LogP contribution in [0.5, 0.6) is 0 Å². The average molecular weight is 403 g/mol. The van der Waals surface area contributed by atoms with Crippen molar-refractivity contribution in [3.05, 3.63) is 82.3 Å². The molecule has 0 radical (unpaired) electrons. The average Bonchev–Trinajstić information content (AvgIpc) is 3.41. The fraction of sp³-hybridized carbons (Fsp3) is 0.273. The molecular weight excluding hydrogens is 382 g/mol. The van der Waals surface area contributed by atoms with Crippen molar-refractivity contribution < 1.29 is 9.59 Å². The van der Waals surface area contributed by atoms with Crippen LogP contribution in [-0.4, -0.2) is 37.4 Å². The minimum atomic E-state index is -0.925. The van der Waals surface area contributed by atoms with Crippen molar-refractivity contribution in [2.75, 3.05) is 11.9 Å². The second-order valence-electron chi connectivity index (χ2n) is 7.88. The normalized spacial score (nSPS) is 22.4. The molecule has 2 amide bonds. The van der Waals surface area contributed by atoms with E-state index in [9.17, 15) is 14.4 Å². The zero-order valence-corrected chi connectivity index (χ0v) is 16.7. The van der Waals surface area contributed by atoms with Crippen molar-refractivity contribution in [1.29, 1.82) is 0 Å². The largest absolute Gasteiger partial charge is 0.336 e. The number of amides is 2. The van der Waals surface area contributed by atoms with Crippen molar-refractivity contribution >= 4 is 17.5 Å². The topological polar surface area (TPSA) is 89.2 Å². The van der Waals surface area contributed by atoms with Gasteiger partial charge in [0.1, 0.15) is 17.3 Å². The number of imidazole rings is 1. The van der Waals surface area contributed by atoms with Gasteiger partial charge in [0.2, 0.25) is 5.91 Å². The molecule has 1 spiro atoms. The maximum absolute atomic E-state index is 13.5. The van der Waals surface area contributed by atoms with Gasteiger partial charge in [-0.25, -0.2) is 4.98 Å². The SMILES string of the molecule is Cn1ccnc1[C@@H]1N(C(=O)c2ccn(C)c(=O)c2)CC[C@]12C(=O)Nc1ccccc12. The maximum Gasteiger partial charge on any atom is 0.254 e. The van der Waals surface area contributed by atoms with Crippen LogP contribution < -0.4 is 10.9 Å². The van der Waals surface area contributed by atoms with E-state index in [0.717, 1.165) is 11.3 Å². The Hall–Kier alpha value is -3.68. The van der Waals surface area contributed by atoms with Crippen LogP contribution in [0.3, 0.4) is 0 Å². The highest BCUT2D eigenvalue weighted by atomic mass is 16.2. The third-order valence-electron chi connectivity index (χ3n) is 6.30. The molecule has 1 saturated heterocycles. The first-order valence-corrected chi connectivity index (χ1v) is 9.79. The number of pyridine rings is 1. The zero-order chi connectivity index (χ0) is 21.0. The lowest BCUT2D eigenvalue weighted by molar-refractivity contribution is -0.121. The second-order valence-corrected chi connectivity index (χ2v) is 7.88. The zero-order valence-electron chi connectivity index (χ0n) is 16.7. The lowest BCUT2D eigenvalue weighted by Crippen LogP contribution is -2.44. The van der Waals surface area contributed by atoms with Crippen molar-refractivity contribution in [3.63, 3.8) is 0 Å². The number of anilines is 1. The molecule has 3 aromatic rings. The van der Waals surface area contributed by atoms with Gasteiger partial charge in [-0.3, -0.25) is 14.4 Å². The van der Waals surface area contributed by atoms with Crippen LogP contribution in [0.2, 0.25) is 0 Å². The first-order valence-electron chi connectivity index (χ1n) is 9.79. The summed E-state index contributed by atoms with van der Waals surface area (Å²) >= 11 is 0. The molecule has 1 fully saturated rings. The molecule has 152 valence electrons. The summed E-state index contributed by atoms with van der Waals surface area (Å²) in [5.41, 5.74) is 0.769. The molecule has 1 N–H and O–H groups in total. The van der Waals surface area contributed by atoms with Crippen LogP contribution in [0, 0.1) is 0 Å². The summed E-state index contributed by atoms with van der Waals surface area (Å²) in [5, 5.41) is 2.99. The molecule has 0 bridgehead atoms. The summed E-state index contributed by atoms with van der Waals surface area (Å²) in [5.74, 6) is 0.224. The number of para-hydroxylation sites is 1. The molecule has 0 unspecified atom stereocenters. The molecule has 2 aromatic heterocycles. The molecule has 0 saturated carbocycles. The third kappa shape index (κ3) is 2.39. The molecule has 8 heteroatoms. The number of likely N-dealkylation sites (tertiary alicyclic amines) is 1. The van der Waals surface area contributed by atoms with E-state index in [1.54, 1.807) is 36.6 Å². The predicted molar refractivity (Wildman–Crippen MR) is 110 cm³/mol. The number of nitrogens with one attached hydrogen (secondary N) is 1. The van der Waals surface area contributed by atoms with Crippen molar-refractivity contribution in [2.45, 2.75) is 17.9 Å². The summed E-state index contributed by atoms with van der Waals surface area (Å²) in [6.45, 7) is 0.382. The summed E-state index contributed by atoms with van der Waals surface area (Å²) in [4.78, 5) is 45.1. The second kappa shape index (κ2) is 6.41. The van der Waals surface area contributed by atoms with E-state index < -0.39 is 11.5 Å². The smallest absolute Gasteiger partial charge is 0.254 e. The number of benzene rings is 1. The number of carbonyl (C=O) groups is 2. The van der Waals surface area contributed by atoms with Crippen LogP contribution in [0.4, 0.5) is 5.69 Å². The Morgan fingerprint density at radius 3 is 2.67 bits per heavy atom. The predicted octanol–water partition coefficient (Wildman–Crippen LogP) is 1.60. The lowest BCUT2D eigenvalue weighted by atomic mass is 9.74. The van der Waals surface area contributed by atoms with Crippen LogP contribution in [-0.2, 0) is 24.3 Å². The Kier molecular flexibility index (Phi) is 3.92. The summed E-state index contributed by atoms with van der Waals surface area (Å²) in [6, 6.07) is 9.99. The molecule has 30 heavy (non-hydrogen) atoms. The minimum Gasteiger partial charge on any atom is -0.336 e. The van der Waals surface area contributed by atoms with Gasteiger partial charge in [-0.2, -0.15) is 0 Å². The molecule has 4 heterocycles. The van der Waals surface area contributed by atoms with E-state index in [0.29, 0.717) is 24.4 Å². The van der Waals surface area contributed by atoms with Crippen molar-refractivity contribution in [2.24, 2.45) is 14.1 Å². The quantitative estimate of drug-likeness (QED) is 0.704. The highest BCUT2D eigenvalue weighted by Gasteiger charge is 2.60. The van der Waals surface area contributed by atoms with Gasteiger partial charge in [-0.1, -0.05) is 18.2 Å². The number of hydrogen-bond donors (Lipinski definition) is 1. The number of carbonyl (C=O) groups excluding carboxylic acids is 2. The van der Waals surface area contributed by atoms with Gasteiger partial charge >= 0.3 is 0 Å². The summed E-state index contributed by atoms with van der Waals surface area (Å²) < 4.78 is 3.26. The monoisotopic (exact) mass is 403 g/mol. The standard InChI is InChI=1S/C22H21N5O3/c1-25-10-7-14(13-17(25)28)20(29)27-11-8-22(18(27)19-23-9-12-26(19)2)15-5-3-4-6-16(15)24-21(22)30/h3-7,9-10,12-13,18H,8,11H2,1-2H3,(H,24,30)/t18-,22+/m0/s1. The molecule has 5 rings (SSSR count). The van der Waals surface area contributed by atoms with E-state index in [1.165, 1.54) is 10.6 Å². The summed E-state index contributed by atoms with van der Waals surface area (Å²) in [7, 11) is 3.49. The summed E-state index contributed by atoms with van der Waals surface area (Å²) in [6.07, 6.45) is 5.53. The highest BCUT2D eigenvalue weighted by Crippen LogP contribution is 2.54. The third-order valence-corrected chi connectivity index (χ3v) is 6.30. The number of aromatic nitrogens is 3. The van der Waals surface area contributed by atoms with Gasteiger partial charge in [0.25, 0.3) is 11.5 Å². The molecule has 2 atom stereocenters. The van der Waals surface area contributed by atoms with Gasteiger partial charge in [0.15, 0.2) is 0 Å². The van der Waals surface area contributed by atoms with Gasteiger partial charge in [0.05, 0.1) is 0 Å². The number of hydrogen-bond acceptors (Lipinski definition) is 4. The van der Waals surface area contributed by atoms with Gasteiger partial charge in [0, 0.05) is 56.5 Å². The Balaban J connectivity index is 1.68. The number of nitrogens with zero attached hydrogens (tertiary/aromatic N) is 4. The van der Waals surface area contributed by atoms with E-state index in [-0.39, 0.29) is 17.4 Å². The van der Waals surface area contributed by atoms with Crippen LogP contribution in [0.1, 0.15) is 34.2 Å². The van der Waals surface area contributed by atoms with Crippen molar-refractivity contribution in [1.82, 2.24) is 19.0 Å². The number of aryl methyl sites for hydroxylation is 2. The lowest BCUT2D eigenvalue weighted by Gasteiger charge is -2.33. The molecule has 2 aliphatic rings. The number of fused-ring (bicyclic) bond motifs is 2. The van der Waals surface area contributed by atoms with Gasteiger partial charge in [-0.05, 0) is 24.1 Å². The first-order chi connectivity index (χ1) is 14.4. The van der Waals surface area contributed by atoms with E-state index in [4.69, 9.17) is 0 Å². The molecule has 8 nitrogen and oxygen atoms in total. The van der Waals surface area contributed by atoms with Gasteiger partial charge < -0.3 is 19.4 Å². The Bertz CT molecular complexity index is 1240. The van der Waals surface area contributed by atoms with Crippen LogP contribution in [0.25, 0.3) is 0 Å². The fourth-order valence-electron chi connectivity index (χ4n) is 4.75. The number of rotatable bonds is 2. The van der Waals surface area contributed by atoms with E-state index in [2.05, 4.69) is 10.3 Å². The van der Waals surface area contributed by atoms with E-state index >= 15 is 0 Å². The fourth-order valence-corrected chi connectivity index (χ4v) is 4.75. The molecule has 1 aromatic carbocycles. The maximum atomic E-state index is 13.5.